The Morgan fingerprint density at radius 3 is 2.48 bits per heavy atom. The van der Waals surface area contributed by atoms with Crippen LogP contribution in [-0.2, 0) is 40.5 Å². The molecule has 13 nitrogen and oxygen atoms in total. The van der Waals surface area contributed by atoms with E-state index in [2.05, 4.69) is 11.7 Å². The highest BCUT2D eigenvalue weighted by Gasteiger charge is 2.72. The fourth-order valence-corrected chi connectivity index (χ4v) is 6.95. The second kappa shape index (κ2) is 9.75. The van der Waals surface area contributed by atoms with Crippen LogP contribution in [0, 0.1) is 11.8 Å². The number of hydrogen-bond acceptors (Lipinski definition) is 11. The van der Waals surface area contributed by atoms with Gasteiger partial charge in [0.1, 0.15) is 5.76 Å². The number of carbonyl (C=O) groups excluding carboxylic acids is 2. The second-order valence-electron chi connectivity index (χ2n) is 10.8. The van der Waals surface area contributed by atoms with E-state index in [0.29, 0.717) is 24.3 Å². The van der Waals surface area contributed by atoms with Crippen molar-refractivity contribution >= 4 is 23.9 Å². The molecule has 0 amide bonds. The molecule has 0 saturated heterocycles. The normalized spacial score (nSPS) is 31.4. The summed E-state index contributed by atoms with van der Waals surface area (Å²) in [5.74, 6) is -5.58. The molecule has 1 unspecified atom stereocenters. The number of carboxylic acids is 2. The molecule has 40 heavy (non-hydrogen) atoms. The monoisotopic (exact) mass is 562 g/mol. The van der Waals surface area contributed by atoms with E-state index in [-0.39, 0.29) is 24.0 Å². The standard InChI is InChI=1S/C27H30O13/c1-11-5-7-26-18-12-3-4-14(37-2)21(18)40-22(26)15(6-8-27(26,36)13(11)9-12)38-24(34)19(30)20(31)25(35)39-16(23(32)33)10-17(28)29/h3-4,6,11,13,16,19-20,22,30-31,36H,5,7-10H2,1-2H3,(H,28,29)(H,32,33)/t11?,13-,16+,19+,20+,22-,26-,27+/m0/s1. The van der Waals surface area contributed by atoms with Gasteiger partial charge in [0.05, 0.1) is 24.5 Å². The highest BCUT2D eigenvalue weighted by molar-refractivity contribution is 5.88. The highest BCUT2D eigenvalue weighted by atomic mass is 16.6. The van der Waals surface area contributed by atoms with Crippen LogP contribution in [0.2, 0.25) is 0 Å². The summed E-state index contributed by atoms with van der Waals surface area (Å²) in [5, 5.41) is 50.6. The molecule has 1 fully saturated rings. The molecule has 216 valence electrons. The van der Waals surface area contributed by atoms with E-state index in [1.54, 1.807) is 6.07 Å². The zero-order valence-electron chi connectivity index (χ0n) is 21.7. The molecule has 5 N–H and O–H groups in total. The lowest BCUT2D eigenvalue weighted by Gasteiger charge is -2.61. The summed E-state index contributed by atoms with van der Waals surface area (Å²) >= 11 is 0. The second-order valence-corrected chi connectivity index (χ2v) is 10.8. The fraction of sp³-hybridized carbons (Fsp3) is 0.556. The first-order valence-corrected chi connectivity index (χ1v) is 12.9. The van der Waals surface area contributed by atoms with Crippen LogP contribution in [0.1, 0.15) is 43.7 Å². The number of esters is 2. The van der Waals surface area contributed by atoms with Crippen LogP contribution < -0.4 is 9.47 Å². The number of ether oxygens (including phenoxy) is 4. The molecular weight excluding hydrogens is 532 g/mol. The van der Waals surface area contributed by atoms with Crippen molar-refractivity contribution in [3.05, 3.63) is 35.1 Å². The molecule has 1 aromatic rings. The molecule has 13 heteroatoms. The van der Waals surface area contributed by atoms with Gasteiger partial charge in [0.25, 0.3) is 0 Å². The summed E-state index contributed by atoms with van der Waals surface area (Å²) in [5.41, 5.74) is -0.389. The van der Waals surface area contributed by atoms with Crippen molar-refractivity contribution in [2.75, 3.05) is 7.11 Å². The van der Waals surface area contributed by atoms with Crippen LogP contribution in [0.5, 0.6) is 11.5 Å². The number of aliphatic carboxylic acids is 2. The van der Waals surface area contributed by atoms with E-state index in [4.69, 9.17) is 24.4 Å². The molecule has 5 rings (SSSR count). The van der Waals surface area contributed by atoms with Gasteiger partial charge in [0.15, 0.2) is 29.8 Å². The van der Waals surface area contributed by atoms with E-state index in [1.807, 2.05) is 6.07 Å². The molecule has 2 bridgehead atoms. The van der Waals surface area contributed by atoms with E-state index in [1.165, 1.54) is 13.2 Å². The largest absolute Gasteiger partial charge is 0.493 e. The van der Waals surface area contributed by atoms with Crippen molar-refractivity contribution in [1.29, 1.82) is 0 Å². The Morgan fingerprint density at radius 2 is 1.82 bits per heavy atom. The van der Waals surface area contributed by atoms with Gasteiger partial charge in [-0.1, -0.05) is 13.0 Å². The first-order chi connectivity index (χ1) is 18.9. The van der Waals surface area contributed by atoms with Crippen molar-refractivity contribution in [1.82, 2.24) is 0 Å². The van der Waals surface area contributed by atoms with Crippen LogP contribution in [0.4, 0.5) is 0 Å². The zero-order valence-corrected chi connectivity index (χ0v) is 21.7. The summed E-state index contributed by atoms with van der Waals surface area (Å²) in [4.78, 5) is 47.1. The number of benzene rings is 1. The first kappa shape index (κ1) is 27.9. The lowest BCUT2D eigenvalue weighted by molar-refractivity contribution is -0.184. The summed E-state index contributed by atoms with van der Waals surface area (Å²) in [6.07, 6.45) is -5.73. The third-order valence-corrected chi connectivity index (χ3v) is 8.83. The maximum atomic E-state index is 12.9. The predicted molar refractivity (Wildman–Crippen MR) is 130 cm³/mol. The Bertz CT molecular complexity index is 1300. The Labute approximate surface area is 227 Å². The average molecular weight is 563 g/mol. The van der Waals surface area contributed by atoms with Gasteiger partial charge in [0.2, 0.25) is 6.10 Å². The van der Waals surface area contributed by atoms with Gasteiger partial charge in [0, 0.05) is 5.56 Å². The lowest BCUT2D eigenvalue weighted by atomic mass is 9.45. The minimum atomic E-state index is -2.56. The number of carbonyl (C=O) groups is 4. The maximum absolute atomic E-state index is 12.9. The minimum absolute atomic E-state index is 0.0250. The van der Waals surface area contributed by atoms with Gasteiger partial charge in [-0.3, -0.25) is 4.79 Å². The van der Waals surface area contributed by atoms with Crippen molar-refractivity contribution < 1.29 is 63.7 Å². The quantitative estimate of drug-likeness (QED) is 0.253. The van der Waals surface area contributed by atoms with Gasteiger partial charge in [-0.2, -0.15) is 0 Å². The Balaban J connectivity index is 1.41. The van der Waals surface area contributed by atoms with Gasteiger partial charge in [-0.05, 0) is 55.2 Å². The third kappa shape index (κ3) is 3.94. The molecule has 0 radical (unpaired) electrons. The fourth-order valence-electron chi connectivity index (χ4n) is 6.95. The predicted octanol–water partition coefficient (Wildman–Crippen LogP) is 0.0510. The van der Waals surface area contributed by atoms with E-state index >= 15 is 0 Å². The van der Waals surface area contributed by atoms with Crippen LogP contribution in [0.25, 0.3) is 0 Å². The van der Waals surface area contributed by atoms with Crippen LogP contribution in [-0.4, -0.2) is 86.5 Å². The summed E-state index contributed by atoms with van der Waals surface area (Å²) < 4.78 is 21.8. The summed E-state index contributed by atoms with van der Waals surface area (Å²) in [6.45, 7) is 2.09. The van der Waals surface area contributed by atoms with E-state index in [0.717, 1.165) is 17.5 Å². The van der Waals surface area contributed by atoms with Gasteiger partial charge in [-0.15, -0.1) is 0 Å². The smallest absolute Gasteiger partial charge is 0.345 e. The SMILES string of the molecule is COc1ccc2c3c1O[C@H]1C(OC(=O)[C@H](O)[C@@H](O)C(=O)O[C@H](CC(=O)O)C(=O)O)=CC[C@@]4(O)[C@@H](C2)C(C)CC[C@]314. The van der Waals surface area contributed by atoms with Crippen LogP contribution in [0.15, 0.2) is 24.0 Å². The van der Waals surface area contributed by atoms with Gasteiger partial charge >= 0.3 is 23.9 Å². The maximum Gasteiger partial charge on any atom is 0.345 e. The molecule has 1 spiro atoms. The molecule has 0 aromatic heterocycles. The van der Waals surface area contributed by atoms with Crippen LogP contribution in [0.3, 0.4) is 0 Å². The van der Waals surface area contributed by atoms with Crippen molar-refractivity contribution in [2.45, 2.75) is 74.5 Å². The minimum Gasteiger partial charge on any atom is -0.493 e. The molecule has 1 heterocycles. The number of aliphatic hydroxyl groups is 3. The Kier molecular flexibility index (Phi) is 6.79. The number of hydrogen-bond donors (Lipinski definition) is 5. The molecule has 1 aliphatic heterocycles. The summed E-state index contributed by atoms with van der Waals surface area (Å²) in [6, 6.07) is 3.73. The summed E-state index contributed by atoms with van der Waals surface area (Å²) in [7, 11) is 1.49. The average Bonchev–Trinajstić information content (AvgIpc) is 3.26. The van der Waals surface area contributed by atoms with Gasteiger partial charge in [-0.25, -0.2) is 14.4 Å². The number of rotatable bonds is 9. The van der Waals surface area contributed by atoms with Crippen LogP contribution >= 0.6 is 0 Å². The van der Waals surface area contributed by atoms with Gasteiger partial charge < -0.3 is 44.5 Å². The Hall–Kier alpha value is -3.68. The van der Waals surface area contributed by atoms with Crippen molar-refractivity contribution in [2.24, 2.45) is 11.8 Å². The lowest BCUT2D eigenvalue weighted by Crippen LogP contribution is -2.69. The molecule has 3 aliphatic carbocycles. The zero-order chi connectivity index (χ0) is 29.1. The molecule has 1 saturated carbocycles. The number of aliphatic hydroxyl groups excluding tert-OH is 2. The number of methoxy groups -OCH3 is 1. The third-order valence-electron chi connectivity index (χ3n) is 8.83. The topological polar surface area (TPSA) is 206 Å². The van der Waals surface area contributed by atoms with E-state index < -0.39 is 65.7 Å². The number of carboxylic acid groups (broad SMARTS) is 2. The molecular formula is C27H30O13. The van der Waals surface area contributed by atoms with E-state index in [9.17, 15) is 34.5 Å². The Morgan fingerprint density at radius 1 is 1.12 bits per heavy atom. The first-order valence-electron chi connectivity index (χ1n) is 12.9. The van der Waals surface area contributed by atoms with Crippen molar-refractivity contribution in [3.8, 4) is 11.5 Å². The highest BCUT2D eigenvalue weighted by Crippen LogP contribution is 2.68. The molecule has 8 atom stereocenters. The van der Waals surface area contributed by atoms with Crippen molar-refractivity contribution in [3.63, 3.8) is 0 Å². The molecule has 1 aromatic carbocycles. The molecule has 4 aliphatic rings.